The highest BCUT2D eigenvalue weighted by atomic mass is 16.5. The molecule has 1 amide bonds. The van der Waals surface area contributed by atoms with Gasteiger partial charge in [0.25, 0.3) is 5.91 Å². The minimum absolute atomic E-state index is 0.106. The summed E-state index contributed by atoms with van der Waals surface area (Å²) in [6.45, 7) is 7.71. The summed E-state index contributed by atoms with van der Waals surface area (Å²) in [5.74, 6) is 0.606. The average Bonchev–Trinajstić information content (AvgIpc) is 2.52. The van der Waals surface area contributed by atoms with Crippen LogP contribution in [0, 0.1) is 13.8 Å². The smallest absolute Gasteiger partial charge is 0.261 e. The number of nitrogens with zero attached hydrogens (tertiary/aromatic N) is 1. The van der Waals surface area contributed by atoms with Crippen molar-refractivity contribution in [1.29, 1.82) is 0 Å². The molecule has 4 heteroatoms. The van der Waals surface area contributed by atoms with E-state index in [1.807, 2.05) is 51.1 Å². The molecule has 2 atom stereocenters. The minimum Gasteiger partial charge on any atom is -0.481 e. The van der Waals surface area contributed by atoms with Crippen LogP contribution in [-0.2, 0) is 4.79 Å². The van der Waals surface area contributed by atoms with Gasteiger partial charge >= 0.3 is 0 Å². The van der Waals surface area contributed by atoms with Crippen LogP contribution >= 0.6 is 0 Å². The lowest BCUT2D eigenvalue weighted by Crippen LogP contribution is -2.37. The van der Waals surface area contributed by atoms with E-state index in [1.165, 1.54) is 0 Å². The predicted molar refractivity (Wildman–Crippen MR) is 86.8 cm³/mol. The summed E-state index contributed by atoms with van der Waals surface area (Å²) in [6, 6.07) is 9.53. The van der Waals surface area contributed by atoms with E-state index in [0.29, 0.717) is 0 Å². The molecule has 0 bridgehead atoms. The summed E-state index contributed by atoms with van der Waals surface area (Å²) in [7, 11) is 0. The molecular formula is C18H22N2O2. The van der Waals surface area contributed by atoms with Crippen molar-refractivity contribution < 1.29 is 9.53 Å². The Hall–Kier alpha value is -2.36. The van der Waals surface area contributed by atoms with Crippen LogP contribution in [0.25, 0.3) is 0 Å². The van der Waals surface area contributed by atoms with Gasteiger partial charge < -0.3 is 10.1 Å². The number of carbonyl (C=O) groups excluding carboxylic acids is 1. The molecule has 1 aromatic heterocycles. The van der Waals surface area contributed by atoms with Crippen LogP contribution < -0.4 is 10.1 Å². The van der Waals surface area contributed by atoms with Gasteiger partial charge in [0.05, 0.1) is 6.04 Å². The van der Waals surface area contributed by atoms with Crippen molar-refractivity contribution in [2.45, 2.75) is 39.8 Å². The highest BCUT2D eigenvalue weighted by molar-refractivity contribution is 5.81. The maximum Gasteiger partial charge on any atom is 0.261 e. The first-order valence-electron chi connectivity index (χ1n) is 7.42. The van der Waals surface area contributed by atoms with Gasteiger partial charge in [-0.1, -0.05) is 18.2 Å². The van der Waals surface area contributed by atoms with Gasteiger partial charge in [-0.15, -0.1) is 0 Å². The van der Waals surface area contributed by atoms with Crippen molar-refractivity contribution in [2.24, 2.45) is 0 Å². The van der Waals surface area contributed by atoms with Gasteiger partial charge in [0, 0.05) is 12.4 Å². The molecule has 1 N–H and O–H groups in total. The summed E-state index contributed by atoms with van der Waals surface area (Å²) in [6.07, 6.45) is 2.91. The van der Waals surface area contributed by atoms with E-state index >= 15 is 0 Å². The average molecular weight is 298 g/mol. The zero-order valence-electron chi connectivity index (χ0n) is 13.5. The zero-order chi connectivity index (χ0) is 16.1. The van der Waals surface area contributed by atoms with Crippen LogP contribution in [0.1, 0.15) is 36.6 Å². The fraction of sp³-hybridized carbons (Fsp3) is 0.333. The first kappa shape index (κ1) is 16.0. The Kier molecular flexibility index (Phi) is 5.15. The third kappa shape index (κ3) is 3.85. The lowest BCUT2D eigenvalue weighted by atomic mass is 10.1. The molecule has 116 valence electrons. The summed E-state index contributed by atoms with van der Waals surface area (Å²) in [5.41, 5.74) is 3.17. The van der Waals surface area contributed by atoms with Crippen LogP contribution in [0.2, 0.25) is 0 Å². The van der Waals surface area contributed by atoms with Crippen molar-refractivity contribution in [3.63, 3.8) is 0 Å². The number of hydrogen-bond donors (Lipinski definition) is 1. The van der Waals surface area contributed by atoms with Crippen LogP contribution in [-0.4, -0.2) is 17.0 Å². The van der Waals surface area contributed by atoms with Gasteiger partial charge in [0.15, 0.2) is 6.10 Å². The number of pyridine rings is 1. The Morgan fingerprint density at radius 3 is 2.64 bits per heavy atom. The van der Waals surface area contributed by atoms with E-state index in [4.69, 9.17) is 4.74 Å². The number of amides is 1. The number of benzene rings is 1. The molecule has 0 fully saturated rings. The van der Waals surface area contributed by atoms with E-state index in [1.54, 1.807) is 19.3 Å². The van der Waals surface area contributed by atoms with Crippen LogP contribution in [0.3, 0.4) is 0 Å². The summed E-state index contributed by atoms with van der Waals surface area (Å²) >= 11 is 0. The zero-order valence-corrected chi connectivity index (χ0v) is 13.5. The van der Waals surface area contributed by atoms with Crippen molar-refractivity contribution in [2.75, 3.05) is 0 Å². The van der Waals surface area contributed by atoms with Gasteiger partial charge in [-0.2, -0.15) is 0 Å². The maximum atomic E-state index is 12.3. The molecule has 2 aromatic rings. The minimum atomic E-state index is -0.556. The molecule has 0 aliphatic rings. The lowest BCUT2D eigenvalue weighted by molar-refractivity contribution is -0.127. The van der Waals surface area contributed by atoms with E-state index in [-0.39, 0.29) is 11.9 Å². The first-order valence-corrected chi connectivity index (χ1v) is 7.42. The Morgan fingerprint density at radius 2 is 1.95 bits per heavy atom. The topological polar surface area (TPSA) is 51.2 Å². The van der Waals surface area contributed by atoms with Gasteiger partial charge in [-0.3, -0.25) is 9.78 Å². The SMILES string of the molecule is Cc1cccc(O[C@H](C)C(=O)N[C@@H](C)c2cccnc2)c1C. The second-order valence-electron chi connectivity index (χ2n) is 5.47. The third-order valence-electron chi connectivity index (χ3n) is 3.77. The van der Waals surface area contributed by atoms with E-state index < -0.39 is 6.10 Å². The number of rotatable bonds is 5. The molecule has 22 heavy (non-hydrogen) atoms. The number of aromatic nitrogens is 1. The molecule has 0 saturated carbocycles. The summed E-state index contributed by atoms with van der Waals surface area (Å²) in [5, 5.41) is 2.95. The molecule has 0 aliphatic heterocycles. The molecule has 1 aromatic carbocycles. The number of carbonyl (C=O) groups is 1. The van der Waals surface area contributed by atoms with Crippen molar-refractivity contribution in [1.82, 2.24) is 10.3 Å². The van der Waals surface area contributed by atoms with Crippen LogP contribution in [0.5, 0.6) is 5.75 Å². The number of hydrogen-bond acceptors (Lipinski definition) is 3. The molecular weight excluding hydrogens is 276 g/mol. The van der Waals surface area contributed by atoms with E-state index in [9.17, 15) is 4.79 Å². The highest BCUT2D eigenvalue weighted by Crippen LogP contribution is 2.22. The lowest BCUT2D eigenvalue weighted by Gasteiger charge is -2.20. The molecule has 1 heterocycles. The largest absolute Gasteiger partial charge is 0.481 e. The van der Waals surface area contributed by atoms with E-state index in [2.05, 4.69) is 10.3 Å². The standard InChI is InChI=1S/C18H22N2O2/c1-12-7-5-9-17(13(12)2)22-15(4)18(21)20-14(3)16-8-6-10-19-11-16/h5-11,14-15H,1-4H3,(H,20,21)/t14-,15+/m0/s1. The highest BCUT2D eigenvalue weighted by Gasteiger charge is 2.18. The molecule has 2 rings (SSSR count). The molecule has 0 spiro atoms. The molecule has 0 saturated heterocycles. The van der Waals surface area contributed by atoms with Crippen LogP contribution in [0.15, 0.2) is 42.7 Å². The maximum absolute atomic E-state index is 12.3. The van der Waals surface area contributed by atoms with E-state index in [0.717, 1.165) is 22.4 Å². The Morgan fingerprint density at radius 1 is 1.18 bits per heavy atom. The fourth-order valence-corrected chi connectivity index (χ4v) is 2.14. The van der Waals surface area contributed by atoms with Crippen molar-refractivity contribution in [3.8, 4) is 5.75 Å². The Labute approximate surface area is 131 Å². The van der Waals surface area contributed by atoms with Gasteiger partial charge in [-0.25, -0.2) is 0 Å². The second-order valence-corrected chi connectivity index (χ2v) is 5.47. The fourth-order valence-electron chi connectivity index (χ4n) is 2.14. The van der Waals surface area contributed by atoms with Gasteiger partial charge in [0.2, 0.25) is 0 Å². The Bertz CT molecular complexity index is 641. The number of ether oxygens (including phenoxy) is 1. The molecule has 0 aliphatic carbocycles. The molecule has 4 nitrogen and oxygen atoms in total. The third-order valence-corrected chi connectivity index (χ3v) is 3.77. The normalized spacial score (nSPS) is 13.3. The summed E-state index contributed by atoms with van der Waals surface area (Å²) < 4.78 is 5.80. The van der Waals surface area contributed by atoms with Crippen molar-refractivity contribution in [3.05, 3.63) is 59.4 Å². The quantitative estimate of drug-likeness (QED) is 0.921. The Balaban J connectivity index is 1.99. The predicted octanol–water partition coefficient (Wildman–Crippen LogP) is 3.34. The van der Waals surface area contributed by atoms with Gasteiger partial charge in [0.1, 0.15) is 5.75 Å². The second kappa shape index (κ2) is 7.07. The first-order chi connectivity index (χ1) is 10.5. The summed E-state index contributed by atoms with van der Waals surface area (Å²) in [4.78, 5) is 16.3. The molecule has 0 unspecified atom stereocenters. The monoisotopic (exact) mass is 298 g/mol. The van der Waals surface area contributed by atoms with Crippen molar-refractivity contribution >= 4 is 5.91 Å². The number of aryl methyl sites for hydroxylation is 1. The molecule has 0 radical (unpaired) electrons. The number of nitrogens with one attached hydrogen (secondary N) is 1. The van der Waals surface area contributed by atoms with Crippen LogP contribution in [0.4, 0.5) is 0 Å². The van der Waals surface area contributed by atoms with Gasteiger partial charge in [-0.05, 0) is 56.5 Å².